The van der Waals surface area contributed by atoms with Gasteiger partial charge in [-0.15, -0.1) is 0 Å². The number of nitrogens with one attached hydrogen (secondary N) is 4. The van der Waals surface area contributed by atoms with Crippen LogP contribution in [-0.2, 0) is 22.6 Å². The fourth-order valence-corrected chi connectivity index (χ4v) is 5.30. The highest BCUT2D eigenvalue weighted by molar-refractivity contribution is 6.05. The van der Waals surface area contributed by atoms with Crippen LogP contribution in [0, 0.1) is 0 Å². The van der Waals surface area contributed by atoms with Crippen LogP contribution in [0.4, 0.5) is 11.4 Å². The Balaban J connectivity index is 1.25. The number of nitrogens with zero attached hydrogens (tertiary/aromatic N) is 1. The lowest BCUT2D eigenvalue weighted by molar-refractivity contribution is -0.132. The van der Waals surface area contributed by atoms with E-state index in [2.05, 4.69) is 25.8 Å². The summed E-state index contributed by atoms with van der Waals surface area (Å²) in [6.07, 6.45) is 5.10. The van der Waals surface area contributed by atoms with Gasteiger partial charge in [-0.05, 0) is 67.9 Å². The first kappa shape index (κ1) is 27.9. The fraction of sp³-hybridized carbons (Fsp3) is 0.281. The van der Waals surface area contributed by atoms with E-state index in [1.165, 1.54) is 0 Å². The summed E-state index contributed by atoms with van der Waals surface area (Å²) in [5.74, 6) is -0.655. The first-order valence-corrected chi connectivity index (χ1v) is 14.0. The molecule has 3 amide bonds. The van der Waals surface area contributed by atoms with E-state index in [4.69, 9.17) is 5.73 Å². The van der Waals surface area contributed by atoms with Crippen molar-refractivity contribution < 1.29 is 14.4 Å². The largest absolute Gasteiger partial charge is 0.397 e. The first-order chi connectivity index (χ1) is 19.9. The summed E-state index contributed by atoms with van der Waals surface area (Å²) in [4.78, 5) is 44.7. The summed E-state index contributed by atoms with van der Waals surface area (Å²) in [6.45, 7) is 1.13. The standard InChI is InChI=1S/C32H36N6O3/c1-38-17-7-6-12-29(38)32(41)37-28(18-23-20-34-26-10-4-2-8-24(23)26)31(40)35-19-21-13-15-22(16-14-21)30(39)36-27-11-5-3-9-25(27)33/h2-5,8-11,13-16,20,28-29,34H,6-7,12,17-19,33H2,1H3,(H,35,40)(H,36,39)(H,37,41). The van der Waals surface area contributed by atoms with Crippen LogP contribution in [0.2, 0.25) is 0 Å². The Labute approximate surface area is 239 Å². The average molecular weight is 553 g/mol. The number of likely N-dealkylation sites (N-methyl/N-ethyl adjacent to an activating group) is 1. The molecule has 0 aliphatic carbocycles. The maximum atomic E-state index is 13.5. The molecule has 3 aromatic carbocycles. The molecule has 0 radical (unpaired) electrons. The molecule has 9 heteroatoms. The van der Waals surface area contributed by atoms with Crippen molar-refractivity contribution in [3.05, 3.63) is 95.7 Å². The summed E-state index contributed by atoms with van der Waals surface area (Å²) in [5.41, 5.74) is 10.2. The Morgan fingerprint density at radius 3 is 2.54 bits per heavy atom. The SMILES string of the molecule is CN1CCCCC1C(=O)NC(Cc1c[nH]c2ccccc12)C(=O)NCc1ccc(C(=O)Nc2ccccc2N)cc1. The molecule has 1 aliphatic rings. The van der Waals surface area contributed by atoms with Crippen molar-refractivity contribution in [1.82, 2.24) is 20.5 Å². The minimum absolute atomic E-state index is 0.124. The van der Waals surface area contributed by atoms with E-state index >= 15 is 0 Å². The number of piperidine rings is 1. The summed E-state index contributed by atoms with van der Waals surface area (Å²) in [6, 6.07) is 21.0. The number of hydrogen-bond donors (Lipinski definition) is 5. The number of carbonyl (C=O) groups excluding carboxylic acids is 3. The second-order valence-corrected chi connectivity index (χ2v) is 10.6. The Kier molecular flexibility index (Phi) is 8.64. The second-order valence-electron chi connectivity index (χ2n) is 10.6. The van der Waals surface area contributed by atoms with Crippen LogP contribution in [0.25, 0.3) is 10.9 Å². The van der Waals surface area contributed by atoms with E-state index in [0.717, 1.165) is 47.8 Å². The van der Waals surface area contributed by atoms with Crippen LogP contribution in [0.5, 0.6) is 0 Å². The Morgan fingerprint density at radius 1 is 1.00 bits per heavy atom. The fourth-order valence-electron chi connectivity index (χ4n) is 5.30. The summed E-state index contributed by atoms with van der Waals surface area (Å²) < 4.78 is 0. The molecule has 1 aliphatic heterocycles. The van der Waals surface area contributed by atoms with E-state index in [1.54, 1.807) is 48.5 Å². The molecule has 5 rings (SSSR count). The van der Waals surface area contributed by atoms with Crippen LogP contribution in [0.1, 0.15) is 40.7 Å². The van der Waals surface area contributed by atoms with Crippen LogP contribution in [0.15, 0.2) is 79.0 Å². The molecule has 0 spiro atoms. The molecule has 9 nitrogen and oxygen atoms in total. The van der Waals surface area contributed by atoms with Gasteiger partial charge in [0.15, 0.2) is 0 Å². The average Bonchev–Trinajstić information content (AvgIpc) is 3.40. The highest BCUT2D eigenvalue weighted by Crippen LogP contribution is 2.21. The number of amides is 3. The van der Waals surface area contributed by atoms with Crippen molar-refractivity contribution >= 4 is 40.0 Å². The number of aromatic amines is 1. The van der Waals surface area contributed by atoms with Crippen molar-refractivity contribution in [3.63, 3.8) is 0 Å². The summed E-state index contributed by atoms with van der Waals surface area (Å²) >= 11 is 0. The second kappa shape index (κ2) is 12.7. The van der Waals surface area contributed by atoms with Gasteiger partial charge in [-0.2, -0.15) is 0 Å². The van der Waals surface area contributed by atoms with Crippen LogP contribution >= 0.6 is 0 Å². The molecule has 41 heavy (non-hydrogen) atoms. The highest BCUT2D eigenvalue weighted by atomic mass is 16.2. The third-order valence-electron chi connectivity index (χ3n) is 7.70. The molecule has 2 atom stereocenters. The van der Waals surface area contributed by atoms with Gasteiger partial charge in [-0.1, -0.05) is 48.9 Å². The predicted octanol–water partition coefficient (Wildman–Crippen LogP) is 3.83. The van der Waals surface area contributed by atoms with Crippen LogP contribution in [0.3, 0.4) is 0 Å². The number of aromatic nitrogens is 1. The molecular formula is C32H36N6O3. The number of nitrogen functional groups attached to an aromatic ring is 1. The van der Waals surface area contributed by atoms with E-state index in [0.29, 0.717) is 23.4 Å². The third kappa shape index (κ3) is 6.75. The van der Waals surface area contributed by atoms with Crippen molar-refractivity contribution in [2.75, 3.05) is 24.6 Å². The molecule has 1 aromatic heterocycles. The van der Waals surface area contributed by atoms with Gasteiger partial charge in [0.1, 0.15) is 6.04 Å². The van der Waals surface area contributed by atoms with Gasteiger partial charge in [0, 0.05) is 35.6 Å². The summed E-state index contributed by atoms with van der Waals surface area (Å²) in [5, 5.41) is 9.86. The van der Waals surface area contributed by atoms with Crippen molar-refractivity contribution in [2.45, 2.75) is 44.3 Å². The van der Waals surface area contributed by atoms with Crippen molar-refractivity contribution in [1.29, 1.82) is 0 Å². The number of likely N-dealkylation sites (tertiary alicyclic amines) is 1. The number of nitrogens with two attached hydrogens (primary N) is 1. The molecule has 4 aromatic rings. The van der Waals surface area contributed by atoms with Gasteiger partial charge in [-0.3, -0.25) is 19.3 Å². The van der Waals surface area contributed by atoms with E-state index in [-0.39, 0.29) is 30.3 Å². The van der Waals surface area contributed by atoms with Gasteiger partial charge >= 0.3 is 0 Å². The molecule has 1 saturated heterocycles. The number of hydrogen-bond acceptors (Lipinski definition) is 5. The summed E-state index contributed by atoms with van der Waals surface area (Å²) in [7, 11) is 1.96. The molecule has 1 fully saturated rings. The van der Waals surface area contributed by atoms with Gasteiger partial charge in [0.2, 0.25) is 11.8 Å². The monoisotopic (exact) mass is 552 g/mol. The lowest BCUT2D eigenvalue weighted by atomic mass is 10.00. The number of H-pyrrole nitrogens is 1. The molecule has 6 N–H and O–H groups in total. The zero-order chi connectivity index (χ0) is 28.8. The molecular weight excluding hydrogens is 516 g/mol. The van der Waals surface area contributed by atoms with E-state index < -0.39 is 6.04 Å². The smallest absolute Gasteiger partial charge is 0.255 e. The maximum absolute atomic E-state index is 13.5. The molecule has 2 unspecified atom stereocenters. The Morgan fingerprint density at radius 2 is 1.76 bits per heavy atom. The lowest BCUT2D eigenvalue weighted by Crippen LogP contribution is -2.54. The van der Waals surface area contributed by atoms with Crippen molar-refractivity contribution in [2.24, 2.45) is 0 Å². The zero-order valence-electron chi connectivity index (χ0n) is 23.2. The van der Waals surface area contributed by atoms with Crippen LogP contribution < -0.4 is 21.7 Å². The quantitative estimate of drug-likeness (QED) is 0.201. The number of rotatable bonds is 9. The Bertz CT molecular complexity index is 1530. The topological polar surface area (TPSA) is 132 Å². The van der Waals surface area contributed by atoms with E-state index in [9.17, 15) is 14.4 Å². The van der Waals surface area contributed by atoms with Gasteiger partial charge in [0.05, 0.1) is 17.4 Å². The van der Waals surface area contributed by atoms with E-state index in [1.807, 2.05) is 37.5 Å². The normalized spacial score (nSPS) is 16.2. The minimum atomic E-state index is -0.738. The zero-order valence-corrected chi connectivity index (χ0v) is 23.2. The number of fused-ring (bicyclic) bond motifs is 1. The van der Waals surface area contributed by atoms with Gasteiger partial charge in [-0.25, -0.2) is 0 Å². The van der Waals surface area contributed by atoms with Gasteiger partial charge < -0.3 is 26.7 Å². The third-order valence-corrected chi connectivity index (χ3v) is 7.70. The maximum Gasteiger partial charge on any atom is 0.255 e. The lowest BCUT2D eigenvalue weighted by Gasteiger charge is -2.32. The van der Waals surface area contributed by atoms with Crippen molar-refractivity contribution in [3.8, 4) is 0 Å². The minimum Gasteiger partial charge on any atom is -0.397 e. The number of carbonyl (C=O) groups is 3. The molecule has 0 saturated carbocycles. The highest BCUT2D eigenvalue weighted by Gasteiger charge is 2.30. The molecule has 0 bridgehead atoms. The first-order valence-electron chi connectivity index (χ1n) is 14.0. The van der Waals surface area contributed by atoms with Crippen LogP contribution in [-0.4, -0.2) is 53.3 Å². The predicted molar refractivity (Wildman–Crippen MR) is 161 cm³/mol. The number of anilines is 2. The number of benzene rings is 3. The Hall–Kier alpha value is -4.63. The molecule has 2 heterocycles. The van der Waals surface area contributed by atoms with Gasteiger partial charge in [0.25, 0.3) is 5.91 Å². The molecule has 212 valence electrons. The number of para-hydroxylation sites is 3.